The number of benzene rings is 1. The van der Waals surface area contributed by atoms with Gasteiger partial charge >= 0.3 is 6.03 Å². The van der Waals surface area contributed by atoms with Gasteiger partial charge in [0.05, 0.1) is 5.69 Å². The van der Waals surface area contributed by atoms with E-state index >= 15 is 0 Å². The fourth-order valence-electron chi connectivity index (χ4n) is 1.40. The van der Waals surface area contributed by atoms with Crippen molar-refractivity contribution in [2.24, 2.45) is 0 Å². The van der Waals surface area contributed by atoms with Crippen LogP contribution in [-0.2, 0) is 6.54 Å². The van der Waals surface area contributed by atoms with E-state index in [0.29, 0.717) is 11.7 Å². The SMILES string of the molecule is Cc1csc(NC(=O)NCc2cccc(O)c2)n1. The highest BCUT2D eigenvalue weighted by Gasteiger charge is 2.04. The number of phenols is 1. The van der Waals surface area contributed by atoms with Crippen molar-refractivity contribution >= 4 is 22.5 Å². The van der Waals surface area contributed by atoms with Gasteiger partial charge < -0.3 is 10.4 Å². The maximum absolute atomic E-state index is 11.6. The number of hydrogen-bond donors (Lipinski definition) is 3. The van der Waals surface area contributed by atoms with Crippen LogP contribution in [0.2, 0.25) is 0 Å². The van der Waals surface area contributed by atoms with E-state index in [2.05, 4.69) is 15.6 Å². The summed E-state index contributed by atoms with van der Waals surface area (Å²) in [4.78, 5) is 15.7. The predicted octanol–water partition coefficient (Wildman–Crippen LogP) is 2.48. The van der Waals surface area contributed by atoms with Gasteiger partial charge in [-0.3, -0.25) is 5.32 Å². The van der Waals surface area contributed by atoms with Gasteiger partial charge in [0, 0.05) is 11.9 Å². The number of carbonyl (C=O) groups excluding carboxylic acids is 1. The molecular formula is C12H13N3O2S. The minimum atomic E-state index is -0.312. The summed E-state index contributed by atoms with van der Waals surface area (Å²) >= 11 is 1.38. The molecule has 0 aliphatic heterocycles. The number of nitrogens with zero attached hydrogens (tertiary/aromatic N) is 1. The molecule has 0 fully saturated rings. The highest BCUT2D eigenvalue weighted by molar-refractivity contribution is 7.13. The summed E-state index contributed by atoms with van der Waals surface area (Å²) in [5.41, 5.74) is 1.71. The summed E-state index contributed by atoms with van der Waals surface area (Å²) in [6.45, 7) is 2.22. The van der Waals surface area contributed by atoms with Crippen LogP contribution < -0.4 is 10.6 Å². The van der Waals surface area contributed by atoms with Crippen LogP contribution >= 0.6 is 11.3 Å². The second-order valence-corrected chi connectivity index (χ2v) is 4.63. The molecule has 0 atom stereocenters. The number of rotatable bonds is 3. The van der Waals surface area contributed by atoms with E-state index in [4.69, 9.17) is 0 Å². The molecule has 2 amide bonds. The summed E-state index contributed by atoms with van der Waals surface area (Å²) in [6, 6.07) is 6.44. The maximum Gasteiger partial charge on any atom is 0.321 e. The molecular weight excluding hydrogens is 250 g/mol. The second kappa shape index (κ2) is 5.50. The van der Waals surface area contributed by atoms with Crippen molar-refractivity contribution in [1.82, 2.24) is 10.3 Å². The van der Waals surface area contributed by atoms with Crippen molar-refractivity contribution < 1.29 is 9.90 Å². The third kappa shape index (κ3) is 3.46. The van der Waals surface area contributed by atoms with Crippen LogP contribution in [-0.4, -0.2) is 16.1 Å². The molecule has 3 N–H and O–H groups in total. The second-order valence-electron chi connectivity index (χ2n) is 3.77. The molecule has 1 heterocycles. The molecule has 0 spiro atoms. The van der Waals surface area contributed by atoms with Gasteiger partial charge in [-0.2, -0.15) is 0 Å². The van der Waals surface area contributed by atoms with E-state index in [9.17, 15) is 9.90 Å². The number of carbonyl (C=O) groups is 1. The first kappa shape index (κ1) is 12.4. The normalized spacial score (nSPS) is 10.1. The lowest BCUT2D eigenvalue weighted by Crippen LogP contribution is -2.28. The molecule has 2 aromatic rings. The standard InChI is InChI=1S/C12H13N3O2S/c1-8-7-18-12(14-8)15-11(17)13-6-9-3-2-4-10(16)5-9/h2-5,7,16H,6H2,1H3,(H2,13,14,15,17). The Morgan fingerprint density at radius 2 is 2.33 bits per heavy atom. The number of anilines is 1. The molecule has 0 bridgehead atoms. The molecule has 1 aromatic carbocycles. The zero-order valence-electron chi connectivity index (χ0n) is 9.80. The number of aryl methyl sites for hydroxylation is 1. The molecule has 0 radical (unpaired) electrons. The molecule has 0 saturated heterocycles. The minimum absolute atomic E-state index is 0.185. The molecule has 94 valence electrons. The lowest BCUT2D eigenvalue weighted by Gasteiger charge is -2.05. The molecule has 0 unspecified atom stereocenters. The van der Waals surface area contributed by atoms with Gasteiger partial charge in [0.25, 0.3) is 0 Å². The minimum Gasteiger partial charge on any atom is -0.508 e. The molecule has 1 aromatic heterocycles. The van der Waals surface area contributed by atoms with Crippen molar-refractivity contribution in [3.05, 3.63) is 40.9 Å². The number of nitrogens with one attached hydrogen (secondary N) is 2. The highest BCUT2D eigenvalue weighted by Crippen LogP contribution is 2.14. The lowest BCUT2D eigenvalue weighted by molar-refractivity contribution is 0.251. The predicted molar refractivity (Wildman–Crippen MR) is 70.8 cm³/mol. The Balaban J connectivity index is 1.85. The Hall–Kier alpha value is -2.08. The van der Waals surface area contributed by atoms with E-state index in [1.54, 1.807) is 18.2 Å². The Bertz CT molecular complexity index is 554. The first-order valence-corrected chi connectivity index (χ1v) is 6.26. The van der Waals surface area contributed by atoms with E-state index in [1.165, 1.54) is 11.3 Å². The molecule has 6 heteroatoms. The summed E-state index contributed by atoms with van der Waals surface area (Å²) in [5.74, 6) is 0.185. The van der Waals surface area contributed by atoms with E-state index in [-0.39, 0.29) is 11.8 Å². The van der Waals surface area contributed by atoms with Gasteiger partial charge in [0.15, 0.2) is 5.13 Å². The Kier molecular flexibility index (Phi) is 3.78. The number of urea groups is 1. The number of thiazole rings is 1. The molecule has 5 nitrogen and oxygen atoms in total. The number of amides is 2. The van der Waals surface area contributed by atoms with Crippen LogP contribution in [0.25, 0.3) is 0 Å². The average Bonchev–Trinajstić information content (AvgIpc) is 2.72. The van der Waals surface area contributed by atoms with Crippen molar-refractivity contribution in [2.45, 2.75) is 13.5 Å². The van der Waals surface area contributed by atoms with Crippen LogP contribution in [0.1, 0.15) is 11.3 Å². The first-order chi connectivity index (χ1) is 8.63. The van der Waals surface area contributed by atoms with Gasteiger partial charge in [-0.1, -0.05) is 12.1 Å². The quantitative estimate of drug-likeness (QED) is 0.796. The van der Waals surface area contributed by atoms with Gasteiger partial charge in [-0.25, -0.2) is 9.78 Å². The fraction of sp³-hybridized carbons (Fsp3) is 0.167. The molecule has 2 rings (SSSR count). The Morgan fingerprint density at radius 1 is 1.50 bits per heavy atom. The zero-order chi connectivity index (χ0) is 13.0. The summed E-state index contributed by atoms with van der Waals surface area (Å²) < 4.78 is 0. The van der Waals surface area contributed by atoms with Gasteiger partial charge in [0.2, 0.25) is 0 Å². The average molecular weight is 263 g/mol. The van der Waals surface area contributed by atoms with Crippen LogP contribution in [0.4, 0.5) is 9.93 Å². The van der Waals surface area contributed by atoms with E-state index in [0.717, 1.165) is 11.3 Å². The lowest BCUT2D eigenvalue weighted by atomic mass is 10.2. The van der Waals surface area contributed by atoms with E-state index in [1.807, 2.05) is 18.4 Å². The van der Waals surface area contributed by atoms with Crippen LogP contribution in [0.15, 0.2) is 29.6 Å². The van der Waals surface area contributed by atoms with Crippen molar-refractivity contribution in [2.75, 3.05) is 5.32 Å². The summed E-state index contributed by atoms with van der Waals surface area (Å²) in [5, 5.41) is 17.0. The topological polar surface area (TPSA) is 74.2 Å². The molecule has 0 saturated carbocycles. The molecule has 0 aliphatic rings. The number of aromatic nitrogens is 1. The Morgan fingerprint density at radius 3 is 3.00 bits per heavy atom. The molecule has 0 aliphatic carbocycles. The summed E-state index contributed by atoms with van der Waals surface area (Å²) in [7, 11) is 0. The number of hydrogen-bond acceptors (Lipinski definition) is 4. The largest absolute Gasteiger partial charge is 0.508 e. The maximum atomic E-state index is 11.6. The Labute approximate surface area is 108 Å². The third-order valence-electron chi connectivity index (χ3n) is 2.20. The van der Waals surface area contributed by atoms with Crippen LogP contribution in [0.5, 0.6) is 5.75 Å². The number of phenolic OH excluding ortho intramolecular Hbond substituents is 1. The van der Waals surface area contributed by atoms with Crippen LogP contribution in [0, 0.1) is 6.92 Å². The van der Waals surface area contributed by atoms with Crippen molar-refractivity contribution in [3.63, 3.8) is 0 Å². The smallest absolute Gasteiger partial charge is 0.321 e. The van der Waals surface area contributed by atoms with Gasteiger partial charge in [-0.05, 0) is 24.6 Å². The van der Waals surface area contributed by atoms with Crippen molar-refractivity contribution in [1.29, 1.82) is 0 Å². The number of aromatic hydroxyl groups is 1. The third-order valence-corrected chi connectivity index (χ3v) is 3.08. The molecule has 18 heavy (non-hydrogen) atoms. The monoisotopic (exact) mass is 263 g/mol. The van der Waals surface area contributed by atoms with Gasteiger partial charge in [0.1, 0.15) is 5.75 Å². The fourth-order valence-corrected chi connectivity index (χ4v) is 2.08. The van der Waals surface area contributed by atoms with Gasteiger partial charge in [-0.15, -0.1) is 11.3 Å². The summed E-state index contributed by atoms with van der Waals surface area (Å²) in [6.07, 6.45) is 0. The van der Waals surface area contributed by atoms with E-state index < -0.39 is 0 Å². The van der Waals surface area contributed by atoms with Crippen molar-refractivity contribution in [3.8, 4) is 5.75 Å². The first-order valence-electron chi connectivity index (χ1n) is 5.38. The van der Waals surface area contributed by atoms with Crippen LogP contribution in [0.3, 0.4) is 0 Å². The highest BCUT2D eigenvalue weighted by atomic mass is 32.1. The zero-order valence-corrected chi connectivity index (χ0v) is 10.6.